The van der Waals surface area contributed by atoms with Gasteiger partial charge in [-0.05, 0) is 6.92 Å². The van der Waals surface area contributed by atoms with Crippen LogP contribution in [0.1, 0.15) is 13.3 Å². The third-order valence-electron chi connectivity index (χ3n) is 2.48. The van der Waals surface area contributed by atoms with E-state index in [4.69, 9.17) is 21.1 Å². The molecule has 7 N–H and O–H groups in total. The minimum Gasteiger partial charge on any atom is -0.481 e. The van der Waals surface area contributed by atoms with E-state index in [-0.39, 0.29) is 0 Å². The number of aliphatic hydroxyl groups is 2. The molecule has 21 heavy (non-hydrogen) atoms. The Labute approximate surface area is 120 Å². The quantitative estimate of drug-likeness (QED) is 0.251. The second-order valence-electron chi connectivity index (χ2n) is 4.29. The van der Waals surface area contributed by atoms with Gasteiger partial charge < -0.3 is 31.7 Å². The first-order chi connectivity index (χ1) is 9.72. The summed E-state index contributed by atoms with van der Waals surface area (Å²) in [6.45, 7) is 0.524. The van der Waals surface area contributed by atoms with Gasteiger partial charge in [0.1, 0.15) is 18.1 Å². The molecule has 0 fully saturated rings. The monoisotopic (exact) mass is 304 g/mol. The molecule has 0 aromatic rings. The van der Waals surface area contributed by atoms with Crippen LogP contribution in [0.2, 0.25) is 0 Å². The Morgan fingerprint density at radius 3 is 2.19 bits per heavy atom. The van der Waals surface area contributed by atoms with Gasteiger partial charge in [-0.2, -0.15) is 0 Å². The molecule has 0 spiro atoms. The Hall–Kier alpha value is -2.04. The average Bonchev–Trinajstić information content (AvgIpc) is 2.41. The first-order valence-electron chi connectivity index (χ1n) is 5.97. The standard InChI is InChI=1S/C11H18N3O7/c1-5(17)9(12)11(21)14-7(2-8(18)19)10(20)13-6(3-15)4-16/h5-7,9,15,17H,2-3,12H2,1H3,(H,13,20)(H,14,21)(H,18,19)/t5-,6+,7+,9+/m1/s1. The Bertz CT molecular complexity index is 399. The molecule has 0 saturated carbocycles. The number of hydrogen-bond acceptors (Lipinski definition) is 7. The summed E-state index contributed by atoms with van der Waals surface area (Å²) >= 11 is 0. The van der Waals surface area contributed by atoms with E-state index in [0.29, 0.717) is 0 Å². The zero-order valence-corrected chi connectivity index (χ0v) is 11.3. The number of carbonyl (C=O) groups excluding carboxylic acids is 3. The molecular weight excluding hydrogens is 286 g/mol. The lowest BCUT2D eigenvalue weighted by Crippen LogP contribution is -2.56. The van der Waals surface area contributed by atoms with Crippen LogP contribution in [0.25, 0.3) is 0 Å². The molecule has 10 heteroatoms. The zero-order chi connectivity index (χ0) is 16.6. The minimum absolute atomic E-state index is 0.726. The van der Waals surface area contributed by atoms with Crippen molar-refractivity contribution in [1.82, 2.24) is 10.6 Å². The van der Waals surface area contributed by atoms with Gasteiger partial charge in [-0.15, -0.1) is 0 Å². The van der Waals surface area contributed by atoms with Crippen molar-refractivity contribution in [3.63, 3.8) is 0 Å². The molecule has 10 nitrogen and oxygen atoms in total. The maximum absolute atomic E-state index is 11.8. The maximum Gasteiger partial charge on any atom is 0.305 e. The van der Waals surface area contributed by atoms with Gasteiger partial charge in [-0.25, -0.2) is 0 Å². The van der Waals surface area contributed by atoms with Crippen molar-refractivity contribution in [1.29, 1.82) is 0 Å². The Morgan fingerprint density at radius 2 is 1.81 bits per heavy atom. The number of carboxylic acid groups (broad SMARTS) is 1. The highest BCUT2D eigenvalue weighted by Crippen LogP contribution is 1.97. The van der Waals surface area contributed by atoms with Gasteiger partial charge in [0.15, 0.2) is 0 Å². The summed E-state index contributed by atoms with van der Waals surface area (Å²) < 4.78 is 0. The van der Waals surface area contributed by atoms with E-state index in [1.165, 1.54) is 13.2 Å². The highest BCUT2D eigenvalue weighted by Gasteiger charge is 2.28. The molecule has 0 bridgehead atoms. The van der Waals surface area contributed by atoms with E-state index in [1.807, 2.05) is 5.32 Å². The number of aliphatic carboxylic acids is 1. The van der Waals surface area contributed by atoms with Gasteiger partial charge in [-0.3, -0.25) is 19.2 Å². The van der Waals surface area contributed by atoms with Crippen LogP contribution in [0.4, 0.5) is 0 Å². The van der Waals surface area contributed by atoms with Gasteiger partial charge in [0.05, 0.1) is 19.1 Å². The SMILES string of the molecule is C[C@@H](O)[C@H](N)C(=O)N[C@@H](CC(=O)O)C(=O)N[C@H]([C]=O)CO. The van der Waals surface area contributed by atoms with Crippen LogP contribution in [0, 0.1) is 0 Å². The summed E-state index contributed by atoms with van der Waals surface area (Å²) in [6.07, 6.45) is -0.636. The van der Waals surface area contributed by atoms with E-state index in [0.717, 1.165) is 0 Å². The van der Waals surface area contributed by atoms with Crippen molar-refractivity contribution in [3.05, 3.63) is 0 Å². The number of carbonyl (C=O) groups is 3. The maximum atomic E-state index is 11.8. The molecular formula is C11H18N3O7. The van der Waals surface area contributed by atoms with Crippen molar-refractivity contribution < 1.29 is 34.5 Å². The summed E-state index contributed by atoms with van der Waals surface area (Å²) in [5.41, 5.74) is 5.35. The van der Waals surface area contributed by atoms with Crippen molar-refractivity contribution in [2.75, 3.05) is 6.61 Å². The van der Waals surface area contributed by atoms with E-state index < -0.39 is 55.0 Å². The molecule has 0 saturated heterocycles. The lowest BCUT2D eigenvalue weighted by molar-refractivity contribution is -0.141. The number of hydrogen-bond donors (Lipinski definition) is 6. The average molecular weight is 304 g/mol. The van der Waals surface area contributed by atoms with Gasteiger partial charge in [0.25, 0.3) is 0 Å². The van der Waals surface area contributed by atoms with E-state index >= 15 is 0 Å². The van der Waals surface area contributed by atoms with Crippen LogP contribution in [0.3, 0.4) is 0 Å². The highest BCUT2D eigenvalue weighted by molar-refractivity contribution is 5.93. The van der Waals surface area contributed by atoms with Crippen molar-refractivity contribution in [3.8, 4) is 0 Å². The summed E-state index contributed by atoms with van der Waals surface area (Å²) in [4.78, 5) is 44.4. The molecule has 0 aliphatic rings. The smallest absolute Gasteiger partial charge is 0.305 e. The summed E-state index contributed by atoms with van der Waals surface area (Å²) in [6, 6.07) is -4.20. The fraction of sp³-hybridized carbons (Fsp3) is 0.636. The topological polar surface area (TPSA) is 179 Å². The summed E-state index contributed by atoms with van der Waals surface area (Å²) in [5, 5.41) is 30.7. The highest BCUT2D eigenvalue weighted by atomic mass is 16.4. The Balaban J connectivity index is 4.86. The third kappa shape index (κ3) is 6.79. The van der Waals surface area contributed by atoms with Crippen LogP contribution in [0.5, 0.6) is 0 Å². The largest absolute Gasteiger partial charge is 0.481 e. The Morgan fingerprint density at radius 1 is 1.24 bits per heavy atom. The first kappa shape index (κ1) is 19.0. The molecule has 2 amide bonds. The first-order valence-corrected chi connectivity index (χ1v) is 5.97. The number of nitrogens with two attached hydrogens (primary N) is 1. The molecule has 0 aliphatic heterocycles. The van der Waals surface area contributed by atoms with Gasteiger partial charge in [0.2, 0.25) is 18.1 Å². The van der Waals surface area contributed by atoms with Crippen LogP contribution >= 0.6 is 0 Å². The van der Waals surface area contributed by atoms with Gasteiger partial charge in [-0.1, -0.05) is 0 Å². The summed E-state index contributed by atoms with van der Waals surface area (Å²) in [7, 11) is 0. The second kappa shape index (κ2) is 9.00. The minimum atomic E-state index is -1.51. The van der Waals surface area contributed by atoms with Crippen molar-refractivity contribution in [2.24, 2.45) is 5.73 Å². The number of amides is 2. The van der Waals surface area contributed by atoms with E-state index in [2.05, 4.69) is 5.32 Å². The van der Waals surface area contributed by atoms with Gasteiger partial charge >= 0.3 is 5.97 Å². The number of rotatable bonds is 9. The molecule has 1 radical (unpaired) electrons. The van der Waals surface area contributed by atoms with Gasteiger partial charge in [0, 0.05) is 0 Å². The van der Waals surface area contributed by atoms with Crippen LogP contribution in [-0.2, 0) is 19.2 Å². The molecule has 4 atom stereocenters. The molecule has 119 valence electrons. The predicted octanol–water partition coefficient (Wildman–Crippen LogP) is -3.76. The van der Waals surface area contributed by atoms with E-state index in [9.17, 15) is 19.2 Å². The lowest BCUT2D eigenvalue weighted by atomic mass is 10.1. The van der Waals surface area contributed by atoms with Crippen molar-refractivity contribution >= 4 is 24.1 Å². The second-order valence-corrected chi connectivity index (χ2v) is 4.29. The number of aliphatic hydroxyl groups excluding tert-OH is 2. The summed E-state index contributed by atoms with van der Waals surface area (Å²) in [5.74, 6) is -3.30. The molecule has 0 aromatic heterocycles. The fourth-order valence-corrected chi connectivity index (χ4v) is 1.26. The third-order valence-corrected chi connectivity index (χ3v) is 2.48. The van der Waals surface area contributed by atoms with Crippen LogP contribution in [0.15, 0.2) is 0 Å². The Kier molecular flexibility index (Phi) is 8.12. The zero-order valence-electron chi connectivity index (χ0n) is 11.3. The molecule has 0 aliphatic carbocycles. The van der Waals surface area contributed by atoms with Crippen LogP contribution < -0.4 is 16.4 Å². The molecule has 0 aromatic carbocycles. The molecule has 0 unspecified atom stereocenters. The lowest BCUT2D eigenvalue weighted by Gasteiger charge is -2.21. The fourth-order valence-electron chi connectivity index (χ4n) is 1.26. The predicted molar refractivity (Wildman–Crippen MR) is 68.5 cm³/mol. The number of nitrogens with one attached hydrogen (secondary N) is 2. The number of carboxylic acids is 1. The van der Waals surface area contributed by atoms with E-state index in [1.54, 1.807) is 0 Å². The molecule has 0 rings (SSSR count). The van der Waals surface area contributed by atoms with Crippen molar-refractivity contribution in [2.45, 2.75) is 37.6 Å². The normalized spacial score (nSPS) is 16.2. The van der Waals surface area contributed by atoms with Crippen LogP contribution in [-0.4, -0.2) is 70.2 Å². The molecule has 0 heterocycles.